The molecule has 0 aliphatic heterocycles. The molecule has 0 aliphatic rings. The van der Waals surface area contributed by atoms with E-state index in [9.17, 15) is 4.79 Å². The van der Waals surface area contributed by atoms with E-state index in [-0.39, 0.29) is 5.91 Å². The Balaban J connectivity index is 2.14. The maximum atomic E-state index is 12.2. The number of nitrogens with one attached hydrogen (secondary N) is 1. The number of ether oxygens (including phenoxy) is 2. The van der Waals surface area contributed by atoms with Crippen molar-refractivity contribution >= 4 is 44.0 Å². The second-order valence-electron chi connectivity index (χ2n) is 5.29. The maximum Gasteiger partial charge on any atom is 0.272 e. The molecular formula is C19H20Br2N2O3. The minimum atomic E-state index is -0.291. The first-order valence-corrected chi connectivity index (χ1v) is 9.82. The van der Waals surface area contributed by atoms with E-state index in [0.717, 1.165) is 16.5 Å². The Hall–Kier alpha value is -1.86. The van der Waals surface area contributed by atoms with Crippen LogP contribution in [0.5, 0.6) is 11.5 Å². The van der Waals surface area contributed by atoms with Crippen LogP contribution in [0.4, 0.5) is 0 Å². The standard InChI is InChI=1S/C19H20Br2N2O3/c1-3-9-26-18-16(21)10-13(11-17(18)25-4-2)12-22-23-19(24)14-7-5-6-8-15(14)20/h5-8,10-12H,3-4,9H2,1-2H3,(H,23,24)/b22-12-. The number of carbonyl (C=O) groups is 1. The van der Waals surface area contributed by atoms with Crippen molar-refractivity contribution in [1.29, 1.82) is 0 Å². The number of amides is 1. The van der Waals surface area contributed by atoms with E-state index in [4.69, 9.17) is 9.47 Å². The first kappa shape index (κ1) is 20.5. The number of nitrogens with zero attached hydrogens (tertiary/aromatic N) is 1. The molecular weight excluding hydrogens is 464 g/mol. The molecule has 0 heterocycles. The largest absolute Gasteiger partial charge is 0.490 e. The van der Waals surface area contributed by atoms with Gasteiger partial charge in [0.25, 0.3) is 5.91 Å². The number of hydrogen-bond donors (Lipinski definition) is 1. The molecule has 0 fully saturated rings. The molecule has 1 N–H and O–H groups in total. The van der Waals surface area contributed by atoms with E-state index in [1.807, 2.05) is 32.0 Å². The zero-order chi connectivity index (χ0) is 18.9. The number of hydrogen-bond acceptors (Lipinski definition) is 4. The third-order valence-corrected chi connectivity index (χ3v) is 4.56. The summed E-state index contributed by atoms with van der Waals surface area (Å²) in [5.41, 5.74) is 3.81. The van der Waals surface area contributed by atoms with Gasteiger partial charge in [-0.2, -0.15) is 5.10 Å². The molecule has 0 spiro atoms. The van der Waals surface area contributed by atoms with E-state index in [0.29, 0.717) is 34.7 Å². The molecule has 26 heavy (non-hydrogen) atoms. The predicted molar refractivity (Wildman–Crippen MR) is 110 cm³/mol. The molecule has 1 amide bonds. The predicted octanol–water partition coefficient (Wildman–Crippen LogP) is 5.16. The topological polar surface area (TPSA) is 59.9 Å². The van der Waals surface area contributed by atoms with Gasteiger partial charge in [-0.05, 0) is 75.0 Å². The molecule has 7 heteroatoms. The van der Waals surface area contributed by atoms with Crippen LogP contribution in [0.25, 0.3) is 0 Å². The van der Waals surface area contributed by atoms with Crippen molar-refractivity contribution in [3.8, 4) is 11.5 Å². The van der Waals surface area contributed by atoms with Crippen molar-refractivity contribution in [3.05, 3.63) is 56.5 Å². The normalized spacial score (nSPS) is 10.8. The number of rotatable bonds is 8. The van der Waals surface area contributed by atoms with E-state index in [1.165, 1.54) is 0 Å². The highest BCUT2D eigenvalue weighted by Crippen LogP contribution is 2.36. The van der Waals surface area contributed by atoms with Crippen LogP contribution >= 0.6 is 31.9 Å². The number of halogens is 2. The Morgan fingerprint density at radius 1 is 1.15 bits per heavy atom. The van der Waals surface area contributed by atoms with Gasteiger partial charge >= 0.3 is 0 Å². The molecule has 0 saturated carbocycles. The van der Waals surface area contributed by atoms with Crippen molar-refractivity contribution in [2.24, 2.45) is 5.10 Å². The van der Waals surface area contributed by atoms with Crippen molar-refractivity contribution < 1.29 is 14.3 Å². The molecule has 0 unspecified atom stereocenters. The van der Waals surface area contributed by atoms with E-state index >= 15 is 0 Å². The summed E-state index contributed by atoms with van der Waals surface area (Å²) in [6.45, 7) is 5.08. The monoisotopic (exact) mass is 482 g/mol. The fourth-order valence-electron chi connectivity index (χ4n) is 2.14. The molecule has 5 nitrogen and oxygen atoms in total. The van der Waals surface area contributed by atoms with Crippen molar-refractivity contribution in [2.75, 3.05) is 13.2 Å². The average Bonchev–Trinajstić information content (AvgIpc) is 2.61. The van der Waals surface area contributed by atoms with Crippen LogP contribution in [0.15, 0.2) is 50.4 Å². The van der Waals surface area contributed by atoms with Gasteiger partial charge in [-0.15, -0.1) is 0 Å². The van der Waals surface area contributed by atoms with Gasteiger partial charge < -0.3 is 9.47 Å². The fraction of sp³-hybridized carbons (Fsp3) is 0.263. The molecule has 0 bridgehead atoms. The first-order chi connectivity index (χ1) is 12.6. The summed E-state index contributed by atoms with van der Waals surface area (Å²) in [4.78, 5) is 12.2. The minimum absolute atomic E-state index is 0.291. The van der Waals surface area contributed by atoms with Gasteiger partial charge in [0, 0.05) is 4.47 Å². The third-order valence-electron chi connectivity index (χ3n) is 3.28. The van der Waals surface area contributed by atoms with Crippen molar-refractivity contribution in [1.82, 2.24) is 5.43 Å². The zero-order valence-corrected chi connectivity index (χ0v) is 17.8. The highest BCUT2D eigenvalue weighted by Gasteiger charge is 2.12. The quantitative estimate of drug-likeness (QED) is 0.416. The molecule has 0 atom stereocenters. The minimum Gasteiger partial charge on any atom is -0.490 e. The average molecular weight is 484 g/mol. The second-order valence-corrected chi connectivity index (χ2v) is 7.00. The fourth-order valence-corrected chi connectivity index (χ4v) is 3.18. The van der Waals surface area contributed by atoms with E-state index < -0.39 is 0 Å². The van der Waals surface area contributed by atoms with Crippen LogP contribution in [0.2, 0.25) is 0 Å². The summed E-state index contributed by atoms with van der Waals surface area (Å²) in [5.74, 6) is 1.01. The number of hydrazone groups is 1. The summed E-state index contributed by atoms with van der Waals surface area (Å²) in [6.07, 6.45) is 2.47. The third kappa shape index (κ3) is 5.57. The molecule has 2 aromatic rings. The molecule has 138 valence electrons. The lowest BCUT2D eigenvalue weighted by Gasteiger charge is -2.14. The molecule has 0 saturated heterocycles. The van der Waals surface area contributed by atoms with Crippen molar-refractivity contribution in [2.45, 2.75) is 20.3 Å². The molecule has 0 aliphatic carbocycles. The highest BCUT2D eigenvalue weighted by molar-refractivity contribution is 9.10. The van der Waals surface area contributed by atoms with Gasteiger partial charge in [-0.3, -0.25) is 4.79 Å². The zero-order valence-electron chi connectivity index (χ0n) is 14.6. The van der Waals surface area contributed by atoms with Gasteiger partial charge in [-0.25, -0.2) is 5.43 Å². The summed E-state index contributed by atoms with van der Waals surface area (Å²) >= 11 is 6.85. The lowest BCUT2D eigenvalue weighted by atomic mass is 10.2. The Bertz CT molecular complexity index is 794. The van der Waals surface area contributed by atoms with Crippen molar-refractivity contribution in [3.63, 3.8) is 0 Å². The van der Waals surface area contributed by atoms with Crippen LogP contribution in [-0.2, 0) is 0 Å². The summed E-state index contributed by atoms with van der Waals surface area (Å²) in [7, 11) is 0. The second kappa shape index (κ2) is 10.3. The molecule has 0 radical (unpaired) electrons. The maximum absolute atomic E-state index is 12.2. The van der Waals surface area contributed by atoms with Crippen LogP contribution in [0.3, 0.4) is 0 Å². The van der Waals surface area contributed by atoms with Crippen LogP contribution in [0, 0.1) is 0 Å². The van der Waals surface area contributed by atoms with Crippen LogP contribution < -0.4 is 14.9 Å². The Morgan fingerprint density at radius 3 is 2.62 bits per heavy atom. The van der Waals surface area contributed by atoms with E-state index in [1.54, 1.807) is 24.4 Å². The van der Waals surface area contributed by atoms with Crippen LogP contribution in [0.1, 0.15) is 36.2 Å². The van der Waals surface area contributed by atoms with Crippen LogP contribution in [-0.4, -0.2) is 25.3 Å². The lowest BCUT2D eigenvalue weighted by Crippen LogP contribution is -2.18. The van der Waals surface area contributed by atoms with Gasteiger partial charge in [0.2, 0.25) is 0 Å². The summed E-state index contributed by atoms with van der Waals surface area (Å²) in [6, 6.07) is 10.9. The smallest absolute Gasteiger partial charge is 0.272 e. The Labute approximate surface area is 170 Å². The number of carbonyl (C=O) groups excluding carboxylic acids is 1. The summed E-state index contributed by atoms with van der Waals surface area (Å²) in [5, 5.41) is 4.03. The SMILES string of the molecule is CCCOc1c(Br)cc(/C=N\NC(=O)c2ccccc2Br)cc1OCC. The Morgan fingerprint density at radius 2 is 1.92 bits per heavy atom. The van der Waals surface area contributed by atoms with Gasteiger partial charge in [-0.1, -0.05) is 19.1 Å². The van der Waals surface area contributed by atoms with Gasteiger partial charge in [0.15, 0.2) is 11.5 Å². The highest BCUT2D eigenvalue weighted by atomic mass is 79.9. The van der Waals surface area contributed by atoms with Gasteiger partial charge in [0.05, 0.1) is 29.5 Å². The summed E-state index contributed by atoms with van der Waals surface area (Å²) < 4.78 is 12.9. The van der Waals surface area contributed by atoms with E-state index in [2.05, 4.69) is 42.4 Å². The number of benzene rings is 2. The Kier molecular flexibility index (Phi) is 8.12. The molecule has 2 rings (SSSR count). The first-order valence-electron chi connectivity index (χ1n) is 8.23. The molecule has 2 aromatic carbocycles. The van der Waals surface area contributed by atoms with Gasteiger partial charge in [0.1, 0.15) is 0 Å². The molecule has 0 aromatic heterocycles. The lowest BCUT2D eigenvalue weighted by molar-refractivity contribution is 0.0954.